The second-order valence-electron chi connectivity index (χ2n) is 9.18. The van der Waals surface area contributed by atoms with Crippen molar-refractivity contribution in [3.8, 4) is 27.9 Å². The van der Waals surface area contributed by atoms with E-state index in [1.54, 1.807) is 6.20 Å². The number of benzene rings is 5. The molecule has 2 heterocycles. The summed E-state index contributed by atoms with van der Waals surface area (Å²) in [5.74, 6) is 0. The summed E-state index contributed by atoms with van der Waals surface area (Å²) in [7, 11) is 0. The molecule has 0 saturated heterocycles. The van der Waals surface area contributed by atoms with Crippen LogP contribution in [0.2, 0.25) is 0 Å². The third kappa shape index (κ3) is 3.39. The molecule has 3 heteroatoms. The van der Waals surface area contributed by atoms with E-state index in [0.717, 1.165) is 22.4 Å². The number of pyridine rings is 1. The number of hydrogen-bond donors (Lipinski definition) is 0. The van der Waals surface area contributed by atoms with Gasteiger partial charge in [0.05, 0.1) is 17.6 Å². The van der Waals surface area contributed by atoms with E-state index in [9.17, 15) is 0 Å². The molecule has 0 aliphatic heterocycles. The molecule has 37 heavy (non-hydrogen) atoms. The summed E-state index contributed by atoms with van der Waals surface area (Å²) in [5.41, 5.74) is 8.37. The van der Waals surface area contributed by atoms with Gasteiger partial charge in [0.1, 0.15) is 0 Å². The normalized spacial score (nSPS) is 11.2. The maximum atomic E-state index is 7.37. The Morgan fingerprint density at radius 1 is 0.568 bits per heavy atom. The molecule has 5 aromatic carbocycles. The van der Waals surface area contributed by atoms with E-state index < -0.39 is 0 Å². The van der Waals surface area contributed by atoms with Crippen molar-refractivity contribution < 1.29 is 0 Å². The number of rotatable bonds is 3. The maximum Gasteiger partial charge on any atom is 0.205 e. The van der Waals surface area contributed by atoms with Gasteiger partial charge in [-0.25, -0.2) is 4.85 Å². The largest absolute Gasteiger partial charge is 0.309 e. The van der Waals surface area contributed by atoms with Crippen LogP contribution < -0.4 is 0 Å². The maximum absolute atomic E-state index is 7.37. The molecule has 172 valence electrons. The van der Waals surface area contributed by atoms with Crippen molar-refractivity contribution in [3.63, 3.8) is 0 Å². The van der Waals surface area contributed by atoms with Crippen molar-refractivity contribution in [2.75, 3.05) is 0 Å². The fourth-order valence-electron chi connectivity index (χ4n) is 5.44. The SMILES string of the molecule is [C-]#[N+]c1cncc(-c2cccc(-c3cc4c(c5ccccc35)c3ccccc3n4-c3ccccc3)c2)c1. The van der Waals surface area contributed by atoms with Gasteiger partial charge >= 0.3 is 0 Å². The van der Waals surface area contributed by atoms with Crippen LogP contribution in [-0.4, -0.2) is 9.55 Å². The van der Waals surface area contributed by atoms with E-state index in [-0.39, 0.29) is 0 Å². The summed E-state index contributed by atoms with van der Waals surface area (Å²) in [4.78, 5) is 7.83. The van der Waals surface area contributed by atoms with Gasteiger partial charge in [0.25, 0.3) is 0 Å². The molecule has 7 rings (SSSR count). The fourth-order valence-corrected chi connectivity index (χ4v) is 5.44. The number of hydrogen-bond acceptors (Lipinski definition) is 1. The first-order valence-corrected chi connectivity index (χ1v) is 12.3. The van der Waals surface area contributed by atoms with E-state index in [4.69, 9.17) is 6.57 Å². The van der Waals surface area contributed by atoms with Gasteiger partial charge in [-0.05, 0) is 69.4 Å². The molecule has 0 atom stereocenters. The van der Waals surface area contributed by atoms with Gasteiger partial charge < -0.3 is 4.57 Å². The summed E-state index contributed by atoms with van der Waals surface area (Å²) in [6.45, 7) is 7.37. The smallest absolute Gasteiger partial charge is 0.205 e. The Bertz CT molecular complexity index is 1990. The van der Waals surface area contributed by atoms with Crippen LogP contribution in [0.25, 0.3) is 65.4 Å². The summed E-state index contributed by atoms with van der Waals surface area (Å²) >= 11 is 0. The van der Waals surface area contributed by atoms with Gasteiger partial charge in [-0.1, -0.05) is 78.9 Å². The van der Waals surface area contributed by atoms with Crippen LogP contribution in [0.1, 0.15) is 0 Å². The van der Waals surface area contributed by atoms with Gasteiger partial charge in [-0.2, -0.15) is 0 Å². The van der Waals surface area contributed by atoms with Crippen LogP contribution in [0.3, 0.4) is 0 Å². The molecule has 0 aliphatic rings. The lowest BCUT2D eigenvalue weighted by Gasteiger charge is -2.13. The van der Waals surface area contributed by atoms with Crippen LogP contribution in [0.15, 0.2) is 128 Å². The Kier molecular flexibility index (Phi) is 4.84. The van der Waals surface area contributed by atoms with Crippen molar-refractivity contribution in [1.29, 1.82) is 0 Å². The zero-order valence-corrected chi connectivity index (χ0v) is 20.0. The van der Waals surface area contributed by atoms with Crippen molar-refractivity contribution in [3.05, 3.63) is 139 Å². The molecule has 2 aromatic heterocycles. The highest BCUT2D eigenvalue weighted by atomic mass is 15.0. The highest BCUT2D eigenvalue weighted by molar-refractivity contribution is 6.24. The molecule has 0 spiro atoms. The molecule has 3 nitrogen and oxygen atoms in total. The molecular weight excluding hydrogens is 450 g/mol. The summed E-state index contributed by atoms with van der Waals surface area (Å²) in [5, 5.41) is 4.97. The minimum absolute atomic E-state index is 0.544. The molecule has 7 aromatic rings. The van der Waals surface area contributed by atoms with E-state index >= 15 is 0 Å². The molecule has 0 amide bonds. The van der Waals surface area contributed by atoms with E-state index in [1.807, 2.05) is 12.3 Å². The average molecular weight is 472 g/mol. The molecule has 0 saturated carbocycles. The second-order valence-corrected chi connectivity index (χ2v) is 9.18. The van der Waals surface area contributed by atoms with Gasteiger partial charge in [-0.15, -0.1) is 0 Å². The Labute approximate surface area is 214 Å². The number of aromatic nitrogens is 2. The third-order valence-electron chi connectivity index (χ3n) is 7.05. The predicted octanol–water partition coefficient (Wildman–Crippen LogP) is 9.22. The topological polar surface area (TPSA) is 22.2 Å². The van der Waals surface area contributed by atoms with Crippen LogP contribution in [0.5, 0.6) is 0 Å². The van der Waals surface area contributed by atoms with Gasteiger partial charge in [-0.3, -0.25) is 4.98 Å². The van der Waals surface area contributed by atoms with E-state index in [2.05, 4.69) is 124 Å². The Balaban J connectivity index is 1.56. The fraction of sp³-hybridized carbons (Fsp3) is 0. The summed E-state index contributed by atoms with van der Waals surface area (Å²) < 4.78 is 2.37. The minimum Gasteiger partial charge on any atom is -0.309 e. The second kappa shape index (κ2) is 8.48. The van der Waals surface area contributed by atoms with Gasteiger partial charge in [0.15, 0.2) is 0 Å². The molecule has 0 aliphatic carbocycles. The highest BCUT2D eigenvalue weighted by Gasteiger charge is 2.17. The molecule has 0 radical (unpaired) electrons. The molecular formula is C34H21N3. The minimum atomic E-state index is 0.544. The number of fused-ring (bicyclic) bond motifs is 5. The summed E-state index contributed by atoms with van der Waals surface area (Å²) in [6.07, 6.45) is 3.42. The van der Waals surface area contributed by atoms with Crippen molar-refractivity contribution in [1.82, 2.24) is 9.55 Å². The lowest BCUT2D eigenvalue weighted by Crippen LogP contribution is -1.94. The van der Waals surface area contributed by atoms with Crippen LogP contribution in [-0.2, 0) is 0 Å². The molecule has 0 unspecified atom stereocenters. The Hall–Kier alpha value is -5.20. The number of nitrogens with zero attached hydrogens (tertiary/aromatic N) is 3. The highest BCUT2D eigenvalue weighted by Crippen LogP contribution is 2.41. The van der Waals surface area contributed by atoms with Crippen LogP contribution in [0, 0.1) is 6.57 Å². The van der Waals surface area contributed by atoms with Crippen molar-refractivity contribution in [2.24, 2.45) is 0 Å². The summed E-state index contributed by atoms with van der Waals surface area (Å²) in [6, 6.07) is 40.7. The predicted molar refractivity (Wildman–Crippen MR) is 153 cm³/mol. The van der Waals surface area contributed by atoms with Crippen LogP contribution in [0.4, 0.5) is 5.69 Å². The zero-order valence-electron chi connectivity index (χ0n) is 20.0. The standard InChI is InChI=1S/C34H21N3/c1-35-26-19-25(21-36-22-26)23-10-9-11-24(18-23)31-20-33-34(29-15-6-5-14-28(29)31)30-16-7-8-17-32(30)37(33)27-12-3-2-4-13-27/h2-22H. The first-order chi connectivity index (χ1) is 18.3. The zero-order chi connectivity index (χ0) is 24.8. The van der Waals surface area contributed by atoms with Crippen LogP contribution >= 0.6 is 0 Å². The first kappa shape index (κ1) is 21.1. The van der Waals surface area contributed by atoms with Gasteiger partial charge in [0, 0.05) is 28.9 Å². The molecule has 0 bridgehead atoms. The van der Waals surface area contributed by atoms with Gasteiger partial charge in [0.2, 0.25) is 5.69 Å². The first-order valence-electron chi connectivity index (χ1n) is 12.3. The Morgan fingerprint density at radius 2 is 1.30 bits per heavy atom. The molecule has 0 fully saturated rings. The quantitative estimate of drug-likeness (QED) is 0.235. The average Bonchev–Trinajstić information content (AvgIpc) is 3.32. The Morgan fingerprint density at radius 3 is 2.14 bits per heavy atom. The number of para-hydroxylation sites is 2. The van der Waals surface area contributed by atoms with Crippen molar-refractivity contribution >= 4 is 38.3 Å². The lowest BCUT2D eigenvalue weighted by molar-refractivity contribution is 1.18. The molecule has 0 N–H and O–H groups in total. The lowest BCUT2D eigenvalue weighted by atomic mass is 9.93. The van der Waals surface area contributed by atoms with E-state index in [0.29, 0.717) is 5.69 Å². The monoisotopic (exact) mass is 471 g/mol. The van der Waals surface area contributed by atoms with E-state index in [1.165, 1.54) is 38.1 Å². The van der Waals surface area contributed by atoms with Crippen molar-refractivity contribution in [2.45, 2.75) is 0 Å². The third-order valence-corrected chi connectivity index (χ3v) is 7.05.